The maximum atomic E-state index is 12.4. The van der Waals surface area contributed by atoms with Gasteiger partial charge in [-0.15, -0.1) is 0 Å². The molecule has 0 bridgehead atoms. The van der Waals surface area contributed by atoms with E-state index in [1.165, 1.54) is 6.07 Å². The van der Waals surface area contributed by atoms with Gasteiger partial charge >= 0.3 is 0 Å². The minimum absolute atomic E-state index is 0.0559. The topological polar surface area (TPSA) is 83.7 Å². The smallest absolute Gasteiger partial charge is 0.273 e. The summed E-state index contributed by atoms with van der Waals surface area (Å²) in [5.41, 5.74) is -0.123. The summed E-state index contributed by atoms with van der Waals surface area (Å²) in [5.74, 6) is -0.270. The fourth-order valence-electron chi connectivity index (χ4n) is 2.52. The number of piperidine rings is 1. The monoisotopic (exact) mass is 278 g/mol. The molecule has 1 N–H and O–H groups in total. The Labute approximate surface area is 117 Å². The maximum absolute atomic E-state index is 12.4. The predicted molar refractivity (Wildman–Crippen MR) is 73.6 cm³/mol. The third kappa shape index (κ3) is 2.96. The molecule has 1 aliphatic heterocycles. The average molecular weight is 278 g/mol. The first-order valence-corrected chi connectivity index (χ1v) is 6.57. The minimum atomic E-state index is -0.884. The Morgan fingerprint density at radius 1 is 1.50 bits per heavy atom. The van der Waals surface area contributed by atoms with Gasteiger partial charge in [0.25, 0.3) is 11.6 Å². The van der Waals surface area contributed by atoms with Crippen molar-refractivity contribution in [1.82, 2.24) is 4.90 Å². The molecule has 20 heavy (non-hydrogen) atoms. The number of hydrogen-bond acceptors (Lipinski definition) is 4. The molecule has 108 valence electrons. The highest BCUT2D eigenvalue weighted by Crippen LogP contribution is 2.24. The van der Waals surface area contributed by atoms with Crippen LogP contribution in [0, 0.1) is 17.0 Å². The highest BCUT2D eigenvalue weighted by atomic mass is 16.6. The van der Waals surface area contributed by atoms with Crippen molar-refractivity contribution in [3.63, 3.8) is 0 Å². The molecular formula is C14H18N2O4. The summed E-state index contributed by atoms with van der Waals surface area (Å²) in [7, 11) is 0. The fourth-order valence-corrected chi connectivity index (χ4v) is 2.52. The van der Waals surface area contributed by atoms with Crippen molar-refractivity contribution < 1.29 is 14.8 Å². The molecule has 1 unspecified atom stereocenters. The van der Waals surface area contributed by atoms with Crippen LogP contribution in [0.15, 0.2) is 18.2 Å². The molecule has 1 atom stereocenters. The van der Waals surface area contributed by atoms with Gasteiger partial charge in [0, 0.05) is 30.3 Å². The molecule has 1 saturated heterocycles. The molecule has 1 aromatic carbocycles. The summed E-state index contributed by atoms with van der Waals surface area (Å²) in [6.45, 7) is 4.16. The van der Waals surface area contributed by atoms with Crippen LogP contribution in [0.3, 0.4) is 0 Å². The van der Waals surface area contributed by atoms with Crippen molar-refractivity contribution in [1.29, 1.82) is 0 Å². The van der Waals surface area contributed by atoms with Crippen molar-refractivity contribution in [2.24, 2.45) is 0 Å². The number of aryl methyl sites for hydroxylation is 1. The third-order valence-corrected chi connectivity index (χ3v) is 3.61. The van der Waals surface area contributed by atoms with Crippen LogP contribution >= 0.6 is 0 Å². The predicted octanol–water partition coefficient (Wildman–Crippen LogP) is 1.89. The van der Waals surface area contributed by atoms with Gasteiger partial charge in [0.05, 0.1) is 10.5 Å². The van der Waals surface area contributed by atoms with Gasteiger partial charge < -0.3 is 10.0 Å². The van der Waals surface area contributed by atoms with Crippen LogP contribution in [-0.2, 0) is 0 Å². The van der Waals surface area contributed by atoms with E-state index in [4.69, 9.17) is 0 Å². The normalized spacial score (nSPS) is 22.6. The number of nitro groups is 1. The molecule has 1 heterocycles. The number of carbonyl (C=O) groups excluding carboxylic acids is 1. The zero-order valence-electron chi connectivity index (χ0n) is 11.6. The molecule has 1 fully saturated rings. The number of likely N-dealkylation sites (tertiary alicyclic amines) is 1. The second-order valence-corrected chi connectivity index (χ2v) is 5.59. The van der Waals surface area contributed by atoms with Crippen molar-refractivity contribution in [2.75, 3.05) is 13.1 Å². The molecule has 0 saturated carbocycles. The SMILES string of the molecule is Cc1ccc(C(=O)N2CCCC(C)(O)C2)cc1[N+](=O)[O-]. The zero-order chi connectivity index (χ0) is 14.9. The van der Waals surface area contributed by atoms with Gasteiger partial charge in [-0.05, 0) is 32.8 Å². The second-order valence-electron chi connectivity index (χ2n) is 5.59. The van der Waals surface area contributed by atoms with Crippen LogP contribution in [0.4, 0.5) is 5.69 Å². The highest BCUT2D eigenvalue weighted by molar-refractivity contribution is 5.95. The van der Waals surface area contributed by atoms with E-state index >= 15 is 0 Å². The molecule has 2 rings (SSSR count). The quantitative estimate of drug-likeness (QED) is 0.661. The Morgan fingerprint density at radius 3 is 2.80 bits per heavy atom. The first-order valence-electron chi connectivity index (χ1n) is 6.57. The first-order chi connectivity index (χ1) is 9.30. The minimum Gasteiger partial charge on any atom is -0.388 e. The second kappa shape index (κ2) is 5.20. The van der Waals surface area contributed by atoms with Crippen LogP contribution in [0.25, 0.3) is 0 Å². The first kappa shape index (κ1) is 14.5. The standard InChI is InChI=1S/C14H18N2O4/c1-10-4-5-11(8-12(10)16(19)20)13(17)15-7-3-6-14(2,18)9-15/h4-5,8,18H,3,6-7,9H2,1-2H3. The van der Waals surface area contributed by atoms with Crippen molar-refractivity contribution >= 4 is 11.6 Å². The van der Waals surface area contributed by atoms with Crippen LogP contribution < -0.4 is 0 Å². The van der Waals surface area contributed by atoms with E-state index in [-0.39, 0.29) is 18.1 Å². The van der Waals surface area contributed by atoms with Crippen LogP contribution in [0.2, 0.25) is 0 Å². The number of hydrogen-bond donors (Lipinski definition) is 1. The van der Waals surface area contributed by atoms with E-state index in [1.54, 1.807) is 30.9 Å². The van der Waals surface area contributed by atoms with Crippen LogP contribution in [-0.4, -0.2) is 39.5 Å². The molecule has 0 radical (unpaired) electrons. The summed E-state index contributed by atoms with van der Waals surface area (Å²) < 4.78 is 0. The number of benzene rings is 1. The Hall–Kier alpha value is -1.95. The number of nitro benzene ring substituents is 1. The summed E-state index contributed by atoms with van der Waals surface area (Å²) in [4.78, 5) is 24.3. The Balaban J connectivity index is 2.25. The van der Waals surface area contributed by atoms with Crippen molar-refractivity contribution in [3.8, 4) is 0 Å². The number of nitrogens with zero attached hydrogens (tertiary/aromatic N) is 2. The molecule has 0 aromatic heterocycles. The third-order valence-electron chi connectivity index (χ3n) is 3.61. The maximum Gasteiger partial charge on any atom is 0.273 e. The number of carbonyl (C=O) groups is 1. The number of amides is 1. The molecule has 1 aromatic rings. The summed E-state index contributed by atoms with van der Waals surface area (Å²) in [6, 6.07) is 4.47. The Kier molecular flexibility index (Phi) is 3.76. The van der Waals surface area contributed by atoms with E-state index in [2.05, 4.69) is 0 Å². The van der Waals surface area contributed by atoms with Gasteiger partial charge in [0.2, 0.25) is 0 Å². The van der Waals surface area contributed by atoms with Gasteiger partial charge in [-0.1, -0.05) is 6.07 Å². The largest absolute Gasteiger partial charge is 0.388 e. The van der Waals surface area contributed by atoms with Crippen LogP contribution in [0.5, 0.6) is 0 Å². The van der Waals surface area contributed by atoms with E-state index in [1.807, 2.05) is 0 Å². The van der Waals surface area contributed by atoms with Gasteiger partial charge in [-0.2, -0.15) is 0 Å². The number of aliphatic hydroxyl groups is 1. The van der Waals surface area contributed by atoms with Gasteiger partial charge in [0.1, 0.15) is 0 Å². The Bertz CT molecular complexity index is 554. The lowest BCUT2D eigenvalue weighted by Gasteiger charge is -2.36. The lowest BCUT2D eigenvalue weighted by Crippen LogP contribution is -2.48. The van der Waals surface area contributed by atoms with E-state index in [9.17, 15) is 20.0 Å². The van der Waals surface area contributed by atoms with Gasteiger partial charge in [-0.25, -0.2) is 0 Å². The molecule has 1 aliphatic rings. The lowest BCUT2D eigenvalue weighted by atomic mass is 9.94. The average Bonchev–Trinajstić information content (AvgIpc) is 2.37. The van der Waals surface area contributed by atoms with Crippen LogP contribution in [0.1, 0.15) is 35.7 Å². The number of β-amino-alcohol motifs (C(OH)–C–C–N with tert-alkyl or cyclic N) is 1. The molecule has 0 aliphatic carbocycles. The molecule has 1 amide bonds. The summed E-state index contributed by atoms with van der Waals surface area (Å²) in [5, 5.41) is 20.9. The van der Waals surface area contributed by atoms with E-state index in [0.29, 0.717) is 24.1 Å². The van der Waals surface area contributed by atoms with Crippen molar-refractivity contribution in [2.45, 2.75) is 32.3 Å². The fraction of sp³-hybridized carbons (Fsp3) is 0.500. The van der Waals surface area contributed by atoms with E-state index < -0.39 is 10.5 Å². The molecule has 6 nitrogen and oxygen atoms in total. The molecule has 6 heteroatoms. The van der Waals surface area contributed by atoms with Gasteiger partial charge in [-0.3, -0.25) is 14.9 Å². The number of rotatable bonds is 2. The molecular weight excluding hydrogens is 260 g/mol. The lowest BCUT2D eigenvalue weighted by molar-refractivity contribution is -0.385. The van der Waals surface area contributed by atoms with Crippen molar-refractivity contribution in [3.05, 3.63) is 39.4 Å². The Morgan fingerprint density at radius 2 is 2.20 bits per heavy atom. The zero-order valence-corrected chi connectivity index (χ0v) is 11.6. The summed E-state index contributed by atoms with van der Waals surface area (Å²) in [6.07, 6.45) is 1.39. The summed E-state index contributed by atoms with van der Waals surface area (Å²) >= 11 is 0. The molecule has 0 spiro atoms. The highest BCUT2D eigenvalue weighted by Gasteiger charge is 2.31. The van der Waals surface area contributed by atoms with E-state index in [0.717, 1.165) is 6.42 Å². The van der Waals surface area contributed by atoms with Gasteiger partial charge in [0.15, 0.2) is 0 Å².